The van der Waals surface area contributed by atoms with E-state index in [1.165, 1.54) is 64.2 Å². The Morgan fingerprint density at radius 1 is 0.722 bits per heavy atom. The molecule has 0 aromatic rings. The summed E-state index contributed by atoms with van der Waals surface area (Å²) < 4.78 is 12.6. The van der Waals surface area contributed by atoms with Gasteiger partial charge in [0.2, 0.25) is 0 Å². The molecule has 2 saturated carbocycles. The van der Waals surface area contributed by atoms with E-state index in [0.717, 1.165) is 9.81 Å². The smallest absolute Gasteiger partial charge is 0.131 e. The van der Waals surface area contributed by atoms with Crippen LogP contribution < -0.4 is 0 Å². The van der Waals surface area contributed by atoms with Crippen molar-refractivity contribution in [3.05, 3.63) is 23.0 Å². The van der Waals surface area contributed by atoms with E-state index >= 15 is 0 Å². The topological polar surface area (TPSA) is 23.1 Å². The van der Waals surface area contributed by atoms with Crippen LogP contribution in [0.2, 0.25) is 0 Å². The van der Waals surface area contributed by atoms with Gasteiger partial charge in [0.1, 0.15) is 9.81 Å². The third-order valence-corrected chi connectivity index (χ3v) is 6.22. The van der Waals surface area contributed by atoms with Gasteiger partial charge in [-0.2, -0.15) is 0 Å². The van der Waals surface area contributed by atoms with Crippen molar-refractivity contribution in [3.8, 4) is 0 Å². The van der Waals surface area contributed by atoms with Gasteiger partial charge < -0.3 is 4.55 Å². The first-order chi connectivity index (χ1) is 8.70. The highest BCUT2D eigenvalue weighted by Crippen LogP contribution is 2.38. The zero-order valence-corrected chi connectivity index (χ0v) is 12.3. The van der Waals surface area contributed by atoms with E-state index in [4.69, 9.17) is 0 Å². The summed E-state index contributed by atoms with van der Waals surface area (Å²) in [7, 11) is 0. The van der Waals surface area contributed by atoms with Gasteiger partial charge in [-0.1, -0.05) is 38.5 Å². The van der Waals surface area contributed by atoms with Crippen molar-refractivity contribution in [1.29, 1.82) is 0 Å². The summed E-state index contributed by atoms with van der Waals surface area (Å²) >= 11 is -0.994. The molecule has 0 aliphatic heterocycles. The second-order valence-corrected chi connectivity index (χ2v) is 7.46. The number of hydrogen-bond acceptors (Lipinski definition) is 1. The Bertz CT molecular complexity index is 268. The first kappa shape index (κ1) is 14.2. The summed E-state index contributed by atoms with van der Waals surface area (Å²) in [4.78, 5) is 1.93. The van der Waals surface area contributed by atoms with Crippen molar-refractivity contribution in [2.45, 2.75) is 64.2 Å². The fourth-order valence-electron chi connectivity index (χ4n) is 3.32. The molecule has 0 amide bonds. The van der Waals surface area contributed by atoms with Crippen LogP contribution in [0.1, 0.15) is 64.2 Å². The Morgan fingerprint density at radius 2 is 1.06 bits per heavy atom. The fraction of sp³-hybridized carbons (Fsp3) is 0.750. The molecule has 0 heterocycles. The number of rotatable bonds is 4. The van der Waals surface area contributed by atoms with Gasteiger partial charge in [-0.3, -0.25) is 0 Å². The molecule has 0 N–H and O–H groups in total. The van der Waals surface area contributed by atoms with Gasteiger partial charge in [0, 0.05) is 23.0 Å². The van der Waals surface area contributed by atoms with E-state index in [2.05, 4.69) is 13.2 Å². The molecular weight excluding hydrogens is 240 g/mol. The van der Waals surface area contributed by atoms with Gasteiger partial charge in [0.05, 0.1) is 0 Å². The van der Waals surface area contributed by atoms with E-state index in [1.54, 1.807) is 0 Å². The maximum atomic E-state index is 12.6. The van der Waals surface area contributed by atoms with Crippen LogP contribution in [0.3, 0.4) is 0 Å². The molecule has 0 aromatic heterocycles. The molecule has 2 aliphatic carbocycles. The summed E-state index contributed by atoms with van der Waals surface area (Å²) in [6.45, 7) is 8.27. The van der Waals surface area contributed by atoms with Crippen molar-refractivity contribution in [2.75, 3.05) is 0 Å². The highest BCUT2D eigenvalue weighted by Gasteiger charge is 2.31. The molecular formula is C16H26OS. The predicted octanol–water partition coefficient (Wildman–Crippen LogP) is 4.92. The minimum absolute atomic E-state index is 0.486. The second kappa shape index (κ2) is 6.81. The summed E-state index contributed by atoms with van der Waals surface area (Å²) in [5.41, 5.74) is 0. The standard InChI is InChI=1S/C16H26OS/c1-13(15-9-5-3-6-10-15)18(17)14(2)16-11-7-4-8-12-16/h15-16H,1-12H2. The molecule has 0 radical (unpaired) electrons. The summed E-state index contributed by atoms with van der Waals surface area (Å²) in [5, 5.41) is 0. The lowest BCUT2D eigenvalue weighted by atomic mass is 9.89. The minimum Gasteiger partial charge on any atom is -0.607 e. The first-order valence-electron chi connectivity index (χ1n) is 7.49. The fourth-order valence-corrected chi connectivity index (χ4v) is 4.73. The molecule has 0 spiro atoms. The van der Waals surface area contributed by atoms with E-state index in [9.17, 15) is 4.55 Å². The van der Waals surface area contributed by atoms with Crippen LogP contribution in [0.4, 0.5) is 0 Å². The SMILES string of the molecule is C=C(C1CCCCC1)[S+]([O-])C(=C)C1CCCCC1. The minimum atomic E-state index is -0.994. The van der Waals surface area contributed by atoms with E-state index in [0.29, 0.717) is 11.8 Å². The Hall–Kier alpha value is -0.210. The second-order valence-electron chi connectivity index (χ2n) is 5.87. The van der Waals surface area contributed by atoms with Crippen LogP contribution >= 0.6 is 0 Å². The first-order valence-corrected chi connectivity index (χ1v) is 8.64. The molecule has 0 atom stereocenters. The van der Waals surface area contributed by atoms with Gasteiger partial charge in [0.15, 0.2) is 0 Å². The molecule has 102 valence electrons. The van der Waals surface area contributed by atoms with E-state index in [1.807, 2.05) is 0 Å². The summed E-state index contributed by atoms with van der Waals surface area (Å²) in [6.07, 6.45) is 12.5. The largest absolute Gasteiger partial charge is 0.607 e. The molecule has 18 heavy (non-hydrogen) atoms. The molecule has 2 aliphatic rings. The van der Waals surface area contributed by atoms with Crippen molar-refractivity contribution >= 4 is 11.2 Å². The van der Waals surface area contributed by atoms with Crippen LogP contribution in [-0.4, -0.2) is 4.55 Å². The van der Waals surface area contributed by atoms with E-state index in [-0.39, 0.29) is 0 Å². The highest BCUT2D eigenvalue weighted by molar-refractivity contribution is 7.98. The quantitative estimate of drug-likeness (QED) is 0.662. The third kappa shape index (κ3) is 3.42. The van der Waals surface area contributed by atoms with Crippen LogP contribution in [0.15, 0.2) is 23.0 Å². The van der Waals surface area contributed by atoms with Gasteiger partial charge >= 0.3 is 0 Å². The molecule has 1 nitrogen and oxygen atoms in total. The third-order valence-electron chi connectivity index (χ3n) is 4.60. The Kier molecular flexibility index (Phi) is 5.38. The number of allylic oxidation sites excluding steroid dienone is 2. The van der Waals surface area contributed by atoms with Crippen LogP contribution in [0.5, 0.6) is 0 Å². The van der Waals surface area contributed by atoms with Gasteiger partial charge in [-0.15, -0.1) is 0 Å². The van der Waals surface area contributed by atoms with E-state index < -0.39 is 11.2 Å². The van der Waals surface area contributed by atoms with Crippen LogP contribution in [0, 0.1) is 11.8 Å². The summed E-state index contributed by atoms with van der Waals surface area (Å²) in [6, 6.07) is 0. The molecule has 0 unspecified atom stereocenters. The maximum Gasteiger partial charge on any atom is 0.131 e. The maximum absolute atomic E-state index is 12.6. The zero-order chi connectivity index (χ0) is 13.0. The zero-order valence-electron chi connectivity index (χ0n) is 11.5. The van der Waals surface area contributed by atoms with Crippen molar-refractivity contribution in [3.63, 3.8) is 0 Å². The average Bonchev–Trinajstić information content (AvgIpc) is 2.47. The van der Waals surface area contributed by atoms with Gasteiger partial charge in [-0.05, 0) is 38.8 Å². The highest BCUT2D eigenvalue weighted by atomic mass is 32.2. The Balaban J connectivity index is 1.90. The van der Waals surface area contributed by atoms with Crippen LogP contribution in [0.25, 0.3) is 0 Å². The molecule has 0 aromatic carbocycles. The average molecular weight is 266 g/mol. The van der Waals surface area contributed by atoms with Crippen molar-refractivity contribution in [1.82, 2.24) is 0 Å². The molecule has 2 rings (SSSR count). The lowest BCUT2D eigenvalue weighted by Gasteiger charge is -2.29. The van der Waals surface area contributed by atoms with Crippen molar-refractivity contribution in [2.24, 2.45) is 11.8 Å². The van der Waals surface area contributed by atoms with Gasteiger partial charge in [-0.25, -0.2) is 0 Å². The van der Waals surface area contributed by atoms with Crippen LogP contribution in [-0.2, 0) is 11.2 Å². The molecule has 0 saturated heterocycles. The van der Waals surface area contributed by atoms with Gasteiger partial charge in [0.25, 0.3) is 0 Å². The predicted molar refractivity (Wildman–Crippen MR) is 79.6 cm³/mol. The Morgan fingerprint density at radius 3 is 1.39 bits per heavy atom. The Labute approximate surface area is 115 Å². The molecule has 0 bridgehead atoms. The summed E-state index contributed by atoms with van der Waals surface area (Å²) in [5.74, 6) is 0.972. The van der Waals surface area contributed by atoms with Crippen molar-refractivity contribution < 1.29 is 4.55 Å². The lowest BCUT2D eigenvalue weighted by molar-refractivity contribution is 0.404. The lowest BCUT2D eigenvalue weighted by Crippen LogP contribution is -2.21. The molecule has 2 fully saturated rings. The number of hydrogen-bond donors (Lipinski definition) is 0. The normalized spacial score (nSPS) is 23.2. The monoisotopic (exact) mass is 266 g/mol. The molecule has 2 heteroatoms.